The van der Waals surface area contributed by atoms with Gasteiger partial charge in [0.2, 0.25) is 11.8 Å². The standard InChI is InChI=1S/C22H33N3O4/c1-16-3-5-17(6-4-16)13-21(27)24-10-7-18(8-11-24)25-15-19(26)14-20(25)22(28)23-9-12-29-2/h3-6,18-20,26H,7-15H2,1-2H3,(H,23,28)/t19-,20+/m1/s1. The van der Waals surface area contributed by atoms with Crippen molar-refractivity contribution >= 4 is 11.8 Å². The summed E-state index contributed by atoms with van der Waals surface area (Å²) in [5.41, 5.74) is 2.23. The first-order chi connectivity index (χ1) is 14.0. The third-order valence-corrected chi connectivity index (χ3v) is 5.99. The van der Waals surface area contributed by atoms with Crippen LogP contribution in [0.15, 0.2) is 24.3 Å². The number of nitrogens with zero attached hydrogens (tertiary/aromatic N) is 2. The molecule has 160 valence electrons. The van der Waals surface area contributed by atoms with E-state index in [0.717, 1.165) is 18.4 Å². The molecule has 0 aliphatic carbocycles. The predicted molar refractivity (Wildman–Crippen MR) is 110 cm³/mol. The Balaban J connectivity index is 1.51. The molecule has 29 heavy (non-hydrogen) atoms. The van der Waals surface area contributed by atoms with Crippen molar-refractivity contribution in [2.24, 2.45) is 0 Å². The minimum Gasteiger partial charge on any atom is -0.392 e. The number of piperidine rings is 1. The molecule has 0 radical (unpaired) electrons. The molecule has 2 atom stereocenters. The SMILES string of the molecule is COCCNC(=O)[C@@H]1C[C@@H](O)CN1C1CCN(C(=O)Cc2ccc(C)cc2)CC1. The quantitative estimate of drug-likeness (QED) is 0.656. The smallest absolute Gasteiger partial charge is 0.237 e. The second-order valence-electron chi connectivity index (χ2n) is 8.16. The van der Waals surface area contributed by atoms with Gasteiger partial charge in [-0.2, -0.15) is 0 Å². The van der Waals surface area contributed by atoms with Gasteiger partial charge < -0.3 is 20.1 Å². The number of nitrogens with one attached hydrogen (secondary N) is 1. The number of aliphatic hydroxyl groups excluding tert-OH is 1. The summed E-state index contributed by atoms with van der Waals surface area (Å²) in [5.74, 6) is 0.110. The molecule has 3 rings (SSSR count). The predicted octanol–water partition coefficient (Wildman–Crippen LogP) is 0.726. The van der Waals surface area contributed by atoms with Crippen LogP contribution in [0, 0.1) is 6.92 Å². The van der Waals surface area contributed by atoms with Crippen molar-refractivity contribution in [1.29, 1.82) is 0 Å². The maximum absolute atomic E-state index is 12.6. The van der Waals surface area contributed by atoms with Crippen LogP contribution in [0.2, 0.25) is 0 Å². The summed E-state index contributed by atoms with van der Waals surface area (Å²) in [6.45, 7) is 4.89. The van der Waals surface area contributed by atoms with E-state index in [-0.39, 0.29) is 23.9 Å². The van der Waals surface area contributed by atoms with Gasteiger partial charge in [0, 0.05) is 39.3 Å². The summed E-state index contributed by atoms with van der Waals surface area (Å²) in [5, 5.41) is 13.0. The minimum atomic E-state index is -0.477. The van der Waals surface area contributed by atoms with Crippen molar-refractivity contribution in [1.82, 2.24) is 15.1 Å². The highest BCUT2D eigenvalue weighted by molar-refractivity contribution is 5.82. The van der Waals surface area contributed by atoms with Crippen LogP contribution in [-0.2, 0) is 20.7 Å². The van der Waals surface area contributed by atoms with Gasteiger partial charge in [0.1, 0.15) is 0 Å². The molecule has 2 amide bonds. The van der Waals surface area contributed by atoms with Crippen molar-refractivity contribution in [3.8, 4) is 0 Å². The van der Waals surface area contributed by atoms with E-state index in [2.05, 4.69) is 10.2 Å². The Morgan fingerprint density at radius 3 is 2.55 bits per heavy atom. The first-order valence-corrected chi connectivity index (χ1v) is 10.5. The number of methoxy groups -OCH3 is 1. The Labute approximate surface area is 173 Å². The number of likely N-dealkylation sites (tertiary alicyclic amines) is 2. The fourth-order valence-electron chi connectivity index (χ4n) is 4.33. The molecule has 2 heterocycles. The molecule has 0 spiro atoms. The molecule has 0 unspecified atom stereocenters. The number of hydrogen-bond donors (Lipinski definition) is 2. The van der Waals surface area contributed by atoms with E-state index < -0.39 is 6.10 Å². The summed E-state index contributed by atoms with van der Waals surface area (Å²) >= 11 is 0. The molecule has 1 aromatic carbocycles. The number of benzene rings is 1. The van der Waals surface area contributed by atoms with Gasteiger partial charge in [-0.3, -0.25) is 14.5 Å². The van der Waals surface area contributed by atoms with Crippen LogP contribution in [0.3, 0.4) is 0 Å². The summed E-state index contributed by atoms with van der Waals surface area (Å²) < 4.78 is 4.99. The molecule has 7 nitrogen and oxygen atoms in total. The Morgan fingerprint density at radius 1 is 1.21 bits per heavy atom. The van der Waals surface area contributed by atoms with E-state index in [1.165, 1.54) is 5.56 Å². The molecule has 0 bridgehead atoms. The number of ether oxygens (including phenoxy) is 1. The number of aryl methyl sites for hydroxylation is 1. The van der Waals surface area contributed by atoms with Gasteiger partial charge in [-0.1, -0.05) is 29.8 Å². The van der Waals surface area contributed by atoms with E-state index in [0.29, 0.717) is 45.6 Å². The highest BCUT2D eigenvalue weighted by Gasteiger charge is 2.40. The molecule has 2 N–H and O–H groups in total. The zero-order valence-corrected chi connectivity index (χ0v) is 17.5. The van der Waals surface area contributed by atoms with E-state index in [9.17, 15) is 14.7 Å². The normalized spacial score (nSPS) is 23.3. The lowest BCUT2D eigenvalue weighted by Crippen LogP contribution is -2.52. The lowest BCUT2D eigenvalue weighted by atomic mass is 10.0. The number of amides is 2. The molecule has 2 saturated heterocycles. The average Bonchev–Trinajstić information content (AvgIpc) is 3.12. The molecule has 2 aliphatic heterocycles. The third kappa shape index (κ3) is 5.78. The van der Waals surface area contributed by atoms with Gasteiger partial charge in [-0.05, 0) is 31.7 Å². The Hall–Kier alpha value is -1.96. The van der Waals surface area contributed by atoms with Crippen LogP contribution >= 0.6 is 0 Å². The van der Waals surface area contributed by atoms with Crippen LogP contribution in [0.25, 0.3) is 0 Å². The lowest BCUT2D eigenvalue weighted by molar-refractivity contribution is -0.133. The Morgan fingerprint density at radius 2 is 1.90 bits per heavy atom. The molecule has 2 fully saturated rings. The van der Waals surface area contributed by atoms with Crippen LogP contribution < -0.4 is 5.32 Å². The van der Waals surface area contributed by atoms with Gasteiger partial charge in [0.25, 0.3) is 0 Å². The van der Waals surface area contributed by atoms with Crippen LogP contribution in [-0.4, -0.2) is 84.8 Å². The van der Waals surface area contributed by atoms with Crippen molar-refractivity contribution < 1.29 is 19.4 Å². The topological polar surface area (TPSA) is 82.1 Å². The van der Waals surface area contributed by atoms with E-state index in [1.54, 1.807) is 7.11 Å². The first kappa shape index (κ1) is 21.7. The number of β-amino-alcohol motifs (C(OH)–C–C–N with tert-alkyl or cyclic N) is 1. The van der Waals surface area contributed by atoms with Crippen LogP contribution in [0.4, 0.5) is 0 Å². The fourth-order valence-corrected chi connectivity index (χ4v) is 4.33. The largest absolute Gasteiger partial charge is 0.392 e. The van der Waals surface area contributed by atoms with E-state index >= 15 is 0 Å². The van der Waals surface area contributed by atoms with Gasteiger partial charge in [-0.15, -0.1) is 0 Å². The van der Waals surface area contributed by atoms with E-state index in [1.807, 2.05) is 36.1 Å². The Kier molecular flexibility index (Phi) is 7.64. The average molecular weight is 404 g/mol. The summed E-state index contributed by atoms with van der Waals surface area (Å²) in [7, 11) is 1.60. The van der Waals surface area contributed by atoms with Crippen molar-refractivity contribution in [2.75, 3.05) is 39.9 Å². The summed E-state index contributed by atoms with van der Waals surface area (Å²) in [6, 6.07) is 8.00. The monoisotopic (exact) mass is 403 g/mol. The van der Waals surface area contributed by atoms with E-state index in [4.69, 9.17) is 4.74 Å². The van der Waals surface area contributed by atoms with Gasteiger partial charge in [0.15, 0.2) is 0 Å². The zero-order chi connectivity index (χ0) is 20.8. The number of hydrogen-bond acceptors (Lipinski definition) is 5. The highest BCUT2D eigenvalue weighted by Crippen LogP contribution is 2.27. The second kappa shape index (κ2) is 10.2. The maximum Gasteiger partial charge on any atom is 0.237 e. The molecular formula is C22H33N3O4. The number of rotatable bonds is 7. The lowest BCUT2D eigenvalue weighted by Gasteiger charge is -2.39. The Bertz CT molecular complexity index is 686. The molecule has 0 aromatic heterocycles. The zero-order valence-electron chi connectivity index (χ0n) is 17.5. The van der Waals surface area contributed by atoms with Gasteiger partial charge in [0.05, 0.1) is 25.2 Å². The third-order valence-electron chi connectivity index (χ3n) is 5.99. The van der Waals surface area contributed by atoms with Crippen LogP contribution in [0.1, 0.15) is 30.4 Å². The van der Waals surface area contributed by atoms with Gasteiger partial charge in [-0.25, -0.2) is 0 Å². The molecular weight excluding hydrogens is 370 g/mol. The first-order valence-electron chi connectivity index (χ1n) is 10.5. The van der Waals surface area contributed by atoms with Crippen molar-refractivity contribution in [2.45, 2.75) is 50.8 Å². The van der Waals surface area contributed by atoms with Crippen LogP contribution in [0.5, 0.6) is 0 Å². The van der Waals surface area contributed by atoms with Gasteiger partial charge >= 0.3 is 0 Å². The number of aliphatic hydroxyl groups is 1. The molecule has 0 saturated carbocycles. The summed E-state index contributed by atoms with van der Waals surface area (Å²) in [6.07, 6.45) is 2.07. The van der Waals surface area contributed by atoms with Crippen molar-refractivity contribution in [3.05, 3.63) is 35.4 Å². The summed E-state index contributed by atoms with van der Waals surface area (Å²) in [4.78, 5) is 29.2. The molecule has 2 aliphatic rings. The molecule has 7 heteroatoms. The maximum atomic E-state index is 12.6. The fraction of sp³-hybridized carbons (Fsp3) is 0.636. The molecule has 1 aromatic rings. The van der Waals surface area contributed by atoms with Crippen molar-refractivity contribution in [3.63, 3.8) is 0 Å². The number of carbonyl (C=O) groups is 2. The second-order valence-corrected chi connectivity index (χ2v) is 8.16. The minimum absolute atomic E-state index is 0.0449. The highest BCUT2D eigenvalue weighted by atomic mass is 16.5. The number of carbonyl (C=O) groups excluding carboxylic acids is 2.